The summed E-state index contributed by atoms with van der Waals surface area (Å²) in [5.41, 5.74) is 11.2. The van der Waals surface area contributed by atoms with Gasteiger partial charge >= 0.3 is 0 Å². The van der Waals surface area contributed by atoms with Crippen LogP contribution in [0.1, 0.15) is 0 Å². The Hall–Kier alpha value is -2.78. The van der Waals surface area contributed by atoms with Gasteiger partial charge in [-0.25, -0.2) is 4.98 Å². The average molecular weight is 321 g/mol. The zero-order chi connectivity index (χ0) is 15.8. The van der Waals surface area contributed by atoms with Crippen LogP contribution in [0.15, 0.2) is 71.1 Å². The summed E-state index contributed by atoms with van der Waals surface area (Å²) in [7, 11) is 0. The molecule has 1 heterocycles. The van der Waals surface area contributed by atoms with Gasteiger partial charge in [0, 0.05) is 16.3 Å². The van der Waals surface area contributed by atoms with Gasteiger partial charge in [0.25, 0.3) is 0 Å². The zero-order valence-corrected chi connectivity index (χ0v) is 12.9. The Labute approximate surface area is 138 Å². The van der Waals surface area contributed by atoms with Crippen LogP contribution in [-0.4, -0.2) is 4.98 Å². The van der Waals surface area contributed by atoms with Crippen LogP contribution in [0.5, 0.6) is 0 Å². The molecule has 0 atom stereocenters. The Balaban J connectivity index is 1.79. The van der Waals surface area contributed by atoms with Crippen LogP contribution in [-0.2, 0) is 0 Å². The molecule has 3 nitrogen and oxygen atoms in total. The second kappa shape index (κ2) is 5.45. The lowest BCUT2D eigenvalue weighted by Crippen LogP contribution is -1.85. The Morgan fingerprint density at radius 2 is 1.57 bits per heavy atom. The van der Waals surface area contributed by atoms with Gasteiger partial charge in [0.2, 0.25) is 5.89 Å². The van der Waals surface area contributed by atoms with Crippen molar-refractivity contribution >= 4 is 28.4 Å². The van der Waals surface area contributed by atoms with Gasteiger partial charge in [-0.3, -0.25) is 0 Å². The largest absolute Gasteiger partial charge is 0.436 e. The lowest BCUT2D eigenvalue weighted by Gasteiger charge is -2.02. The van der Waals surface area contributed by atoms with Crippen LogP contribution in [0.4, 0.5) is 5.69 Å². The summed E-state index contributed by atoms with van der Waals surface area (Å²) >= 11 is 5.92. The molecule has 3 aromatic carbocycles. The molecule has 23 heavy (non-hydrogen) atoms. The number of oxazole rings is 1. The molecule has 0 aliphatic heterocycles. The van der Waals surface area contributed by atoms with Gasteiger partial charge in [-0.15, -0.1) is 0 Å². The lowest BCUT2D eigenvalue weighted by atomic mass is 10.0. The Morgan fingerprint density at radius 3 is 2.35 bits per heavy atom. The van der Waals surface area contributed by atoms with Gasteiger partial charge in [0.05, 0.1) is 0 Å². The number of fused-ring (bicyclic) bond motifs is 1. The number of hydrogen-bond acceptors (Lipinski definition) is 3. The third-order valence-corrected chi connectivity index (χ3v) is 3.95. The summed E-state index contributed by atoms with van der Waals surface area (Å²) in [6, 6.07) is 21.2. The highest BCUT2D eigenvalue weighted by molar-refractivity contribution is 6.30. The monoisotopic (exact) mass is 320 g/mol. The van der Waals surface area contributed by atoms with E-state index < -0.39 is 0 Å². The predicted octanol–water partition coefficient (Wildman–Crippen LogP) is 5.40. The molecule has 0 fully saturated rings. The van der Waals surface area contributed by atoms with Crippen molar-refractivity contribution in [2.45, 2.75) is 0 Å². The number of nitrogens with zero attached hydrogens (tertiary/aromatic N) is 1. The van der Waals surface area contributed by atoms with Crippen molar-refractivity contribution < 1.29 is 4.42 Å². The van der Waals surface area contributed by atoms with Crippen LogP contribution >= 0.6 is 11.6 Å². The third kappa shape index (κ3) is 2.67. The molecule has 4 rings (SSSR count). The van der Waals surface area contributed by atoms with E-state index in [1.807, 2.05) is 66.7 Å². The molecule has 2 N–H and O–H groups in total. The molecule has 1 aromatic heterocycles. The topological polar surface area (TPSA) is 52.0 Å². The van der Waals surface area contributed by atoms with Gasteiger partial charge in [0.15, 0.2) is 5.58 Å². The molecule has 4 aromatic rings. The van der Waals surface area contributed by atoms with Gasteiger partial charge in [-0.1, -0.05) is 29.8 Å². The van der Waals surface area contributed by atoms with E-state index in [0.717, 1.165) is 33.5 Å². The molecule has 112 valence electrons. The van der Waals surface area contributed by atoms with Gasteiger partial charge in [-0.2, -0.15) is 0 Å². The number of rotatable bonds is 2. The SMILES string of the molecule is Nc1cccc(-c2ccc3oc(-c4ccc(Cl)cc4)nc3c2)c1. The van der Waals surface area contributed by atoms with Crippen molar-refractivity contribution in [3.8, 4) is 22.6 Å². The molecular weight excluding hydrogens is 308 g/mol. The van der Waals surface area contributed by atoms with Crippen molar-refractivity contribution in [3.05, 3.63) is 71.8 Å². The maximum Gasteiger partial charge on any atom is 0.227 e. The van der Waals surface area contributed by atoms with Crippen LogP contribution in [0, 0.1) is 0 Å². The molecule has 0 aliphatic rings. The molecule has 0 spiro atoms. The molecule has 0 aliphatic carbocycles. The first kappa shape index (κ1) is 13.9. The highest BCUT2D eigenvalue weighted by atomic mass is 35.5. The lowest BCUT2D eigenvalue weighted by molar-refractivity contribution is 0.620. The molecule has 0 radical (unpaired) electrons. The predicted molar refractivity (Wildman–Crippen MR) is 94.3 cm³/mol. The quantitative estimate of drug-likeness (QED) is 0.503. The van der Waals surface area contributed by atoms with Gasteiger partial charge < -0.3 is 10.2 Å². The molecule has 4 heteroatoms. The van der Waals surface area contributed by atoms with E-state index in [1.54, 1.807) is 0 Å². The summed E-state index contributed by atoms with van der Waals surface area (Å²) < 4.78 is 5.83. The van der Waals surface area contributed by atoms with Crippen LogP contribution in [0.3, 0.4) is 0 Å². The van der Waals surface area contributed by atoms with Crippen LogP contribution < -0.4 is 5.73 Å². The minimum Gasteiger partial charge on any atom is -0.436 e. The highest BCUT2D eigenvalue weighted by Gasteiger charge is 2.09. The molecule has 0 saturated heterocycles. The number of benzene rings is 3. The first-order chi connectivity index (χ1) is 11.2. The Morgan fingerprint density at radius 1 is 0.826 bits per heavy atom. The fourth-order valence-electron chi connectivity index (χ4n) is 2.54. The van der Waals surface area contributed by atoms with E-state index in [1.165, 1.54) is 0 Å². The summed E-state index contributed by atoms with van der Waals surface area (Å²) in [5, 5.41) is 0.689. The first-order valence-electron chi connectivity index (χ1n) is 7.21. The van der Waals surface area contributed by atoms with Crippen molar-refractivity contribution in [1.82, 2.24) is 4.98 Å². The van der Waals surface area contributed by atoms with E-state index in [0.29, 0.717) is 10.9 Å². The fourth-order valence-corrected chi connectivity index (χ4v) is 2.67. The number of anilines is 1. The number of hydrogen-bond donors (Lipinski definition) is 1. The molecule has 0 amide bonds. The van der Waals surface area contributed by atoms with Crippen LogP contribution in [0.25, 0.3) is 33.7 Å². The number of aromatic nitrogens is 1. The summed E-state index contributed by atoms with van der Waals surface area (Å²) in [4.78, 5) is 4.58. The van der Waals surface area contributed by atoms with Gasteiger partial charge in [-0.05, 0) is 59.7 Å². The number of nitrogens with two attached hydrogens (primary N) is 1. The molecule has 0 bridgehead atoms. The Bertz CT molecular complexity index is 990. The maximum absolute atomic E-state index is 5.92. The third-order valence-electron chi connectivity index (χ3n) is 3.70. The minimum atomic E-state index is 0.585. The van der Waals surface area contributed by atoms with Crippen molar-refractivity contribution in [3.63, 3.8) is 0 Å². The zero-order valence-electron chi connectivity index (χ0n) is 12.2. The van der Waals surface area contributed by atoms with E-state index in [-0.39, 0.29) is 0 Å². The molecular formula is C19H13ClN2O. The smallest absolute Gasteiger partial charge is 0.227 e. The highest BCUT2D eigenvalue weighted by Crippen LogP contribution is 2.29. The second-order valence-electron chi connectivity index (χ2n) is 5.33. The van der Waals surface area contributed by atoms with E-state index in [4.69, 9.17) is 21.8 Å². The van der Waals surface area contributed by atoms with Crippen LogP contribution in [0.2, 0.25) is 5.02 Å². The minimum absolute atomic E-state index is 0.585. The van der Waals surface area contributed by atoms with Gasteiger partial charge in [0.1, 0.15) is 5.52 Å². The summed E-state index contributed by atoms with van der Waals surface area (Å²) in [5.74, 6) is 0.585. The number of halogens is 1. The molecule has 0 saturated carbocycles. The maximum atomic E-state index is 5.92. The number of nitrogen functional groups attached to an aromatic ring is 1. The van der Waals surface area contributed by atoms with Crippen molar-refractivity contribution in [2.75, 3.05) is 5.73 Å². The van der Waals surface area contributed by atoms with Crippen molar-refractivity contribution in [1.29, 1.82) is 0 Å². The average Bonchev–Trinajstić information content (AvgIpc) is 2.98. The second-order valence-corrected chi connectivity index (χ2v) is 5.77. The molecule has 0 unspecified atom stereocenters. The van der Waals surface area contributed by atoms with Crippen molar-refractivity contribution in [2.24, 2.45) is 0 Å². The standard InChI is InChI=1S/C19H13ClN2O/c20-15-7-4-12(5-8-15)19-22-17-11-14(6-9-18(17)23-19)13-2-1-3-16(21)10-13/h1-11H,21H2. The van der Waals surface area contributed by atoms with E-state index >= 15 is 0 Å². The summed E-state index contributed by atoms with van der Waals surface area (Å²) in [6.07, 6.45) is 0. The first-order valence-corrected chi connectivity index (χ1v) is 7.59. The van der Waals surface area contributed by atoms with E-state index in [2.05, 4.69) is 4.98 Å². The van der Waals surface area contributed by atoms with E-state index in [9.17, 15) is 0 Å². The summed E-state index contributed by atoms with van der Waals surface area (Å²) in [6.45, 7) is 0. The Kier molecular flexibility index (Phi) is 3.28. The normalized spacial score (nSPS) is 11.0. The fraction of sp³-hybridized carbons (Fsp3) is 0.